The Kier molecular flexibility index (Phi) is 4.90. The number of nitrogens with two attached hydrogens (primary N) is 2. The Labute approximate surface area is 106 Å². The second kappa shape index (κ2) is 6.42. The van der Waals surface area contributed by atoms with Crippen LogP contribution in [0.5, 0.6) is 0 Å². The van der Waals surface area contributed by atoms with Crippen LogP contribution < -0.4 is 16.8 Å². The molecule has 1 aromatic carbocycles. The van der Waals surface area contributed by atoms with Crippen LogP contribution in [-0.2, 0) is 16.0 Å². The van der Waals surface area contributed by atoms with Crippen molar-refractivity contribution in [3.05, 3.63) is 29.8 Å². The van der Waals surface area contributed by atoms with Crippen molar-refractivity contribution in [1.82, 2.24) is 0 Å². The van der Waals surface area contributed by atoms with Crippen molar-refractivity contribution in [3.63, 3.8) is 0 Å². The van der Waals surface area contributed by atoms with Gasteiger partial charge >= 0.3 is 0 Å². The predicted octanol–water partition coefficient (Wildman–Crippen LogP) is 0.00350. The third kappa shape index (κ3) is 3.92. The zero-order chi connectivity index (χ0) is 13.5. The van der Waals surface area contributed by atoms with Gasteiger partial charge in [0.05, 0.1) is 12.5 Å². The largest absolute Gasteiger partial charge is 0.369 e. The fourth-order valence-corrected chi connectivity index (χ4v) is 1.43. The summed E-state index contributed by atoms with van der Waals surface area (Å²) in [7, 11) is 0. The van der Waals surface area contributed by atoms with Gasteiger partial charge in [0.2, 0.25) is 11.8 Å². The summed E-state index contributed by atoms with van der Waals surface area (Å²) >= 11 is 0. The number of anilines is 1. The number of nitrogens with one attached hydrogen (secondary N) is 1. The summed E-state index contributed by atoms with van der Waals surface area (Å²) in [6.45, 7) is 0. The Morgan fingerprint density at radius 3 is 2.67 bits per heavy atom. The number of rotatable bonds is 5. The van der Waals surface area contributed by atoms with Gasteiger partial charge in [-0.3, -0.25) is 9.59 Å². The first-order valence-electron chi connectivity index (χ1n) is 5.40. The van der Waals surface area contributed by atoms with Crippen molar-refractivity contribution in [1.29, 1.82) is 0 Å². The number of hydrogen-bond donors (Lipinski definition) is 3. The van der Waals surface area contributed by atoms with Crippen molar-refractivity contribution < 1.29 is 9.59 Å². The quantitative estimate of drug-likeness (QED) is 0.637. The summed E-state index contributed by atoms with van der Waals surface area (Å²) < 4.78 is 0. The highest BCUT2D eigenvalue weighted by atomic mass is 16.2. The van der Waals surface area contributed by atoms with Crippen LogP contribution in [0.1, 0.15) is 12.0 Å². The molecule has 1 rings (SSSR count). The molecular formula is C13H15N3O2. The number of carbonyl (C=O) groups excluding carboxylic acids is 2. The molecule has 0 aromatic heterocycles. The van der Waals surface area contributed by atoms with Gasteiger partial charge in [0.15, 0.2) is 0 Å². The summed E-state index contributed by atoms with van der Waals surface area (Å²) in [5, 5.41) is 2.63. The van der Waals surface area contributed by atoms with Gasteiger partial charge in [0.25, 0.3) is 0 Å². The van der Waals surface area contributed by atoms with E-state index in [1.807, 2.05) is 0 Å². The number of para-hydroxylation sites is 1. The third-order valence-corrected chi connectivity index (χ3v) is 2.31. The Hall–Kier alpha value is -2.32. The molecule has 5 heteroatoms. The summed E-state index contributed by atoms with van der Waals surface area (Å²) in [6, 6.07) is 6.13. The van der Waals surface area contributed by atoms with E-state index in [0.29, 0.717) is 11.3 Å². The first-order valence-corrected chi connectivity index (χ1v) is 5.40. The fraction of sp³-hybridized carbons (Fsp3) is 0.231. The van der Waals surface area contributed by atoms with E-state index in [-0.39, 0.29) is 18.7 Å². The molecule has 0 radical (unpaired) electrons. The molecule has 0 heterocycles. The van der Waals surface area contributed by atoms with Gasteiger partial charge in [-0.05, 0) is 11.6 Å². The van der Waals surface area contributed by atoms with E-state index >= 15 is 0 Å². The van der Waals surface area contributed by atoms with Gasteiger partial charge in [-0.25, -0.2) is 0 Å². The van der Waals surface area contributed by atoms with Crippen LogP contribution >= 0.6 is 0 Å². The van der Waals surface area contributed by atoms with E-state index in [4.69, 9.17) is 17.9 Å². The minimum atomic E-state index is -0.767. The maximum atomic E-state index is 11.7. The lowest BCUT2D eigenvalue weighted by atomic mass is 10.1. The molecule has 0 saturated heterocycles. The van der Waals surface area contributed by atoms with Gasteiger partial charge in [-0.1, -0.05) is 18.2 Å². The van der Waals surface area contributed by atoms with Crippen molar-refractivity contribution in [2.24, 2.45) is 11.5 Å². The molecular weight excluding hydrogens is 230 g/mol. The second-order valence-corrected chi connectivity index (χ2v) is 3.80. The number of primary amides is 1. The van der Waals surface area contributed by atoms with E-state index in [9.17, 15) is 9.59 Å². The van der Waals surface area contributed by atoms with E-state index in [1.54, 1.807) is 24.3 Å². The SMILES string of the molecule is C#CCC(N)C(=O)Nc1ccccc1CC(N)=O. The highest BCUT2D eigenvalue weighted by molar-refractivity contribution is 5.96. The van der Waals surface area contributed by atoms with Gasteiger partial charge in [-0.2, -0.15) is 0 Å². The molecule has 94 valence electrons. The van der Waals surface area contributed by atoms with Crippen molar-refractivity contribution >= 4 is 17.5 Å². The van der Waals surface area contributed by atoms with Gasteiger partial charge in [-0.15, -0.1) is 12.3 Å². The average molecular weight is 245 g/mol. The summed E-state index contributed by atoms with van der Waals surface area (Å²) in [5.74, 6) is 1.47. The highest BCUT2D eigenvalue weighted by Crippen LogP contribution is 2.15. The number of terminal acetylenes is 1. The number of carbonyl (C=O) groups is 2. The maximum Gasteiger partial charge on any atom is 0.242 e. The summed E-state index contributed by atoms with van der Waals surface area (Å²) in [4.78, 5) is 22.6. The number of hydrogen-bond acceptors (Lipinski definition) is 3. The van der Waals surface area contributed by atoms with Crippen LogP contribution in [0.4, 0.5) is 5.69 Å². The molecule has 0 saturated carbocycles. The molecule has 1 aromatic rings. The van der Waals surface area contributed by atoms with E-state index < -0.39 is 11.9 Å². The average Bonchev–Trinajstić information content (AvgIpc) is 2.31. The molecule has 5 N–H and O–H groups in total. The number of amides is 2. The lowest BCUT2D eigenvalue weighted by molar-refractivity contribution is -0.118. The molecule has 1 atom stereocenters. The highest BCUT2D eigenvalue weighted by Gasteiger charge is 2.14. The molecule has 18 heavy (non-hydrogen) atoms. The van der Waals surface area contributed by atoms with Crippen LogP contribution in [0, 0.1) is 12.3 Å². The zero-order valence-corrected chi connectivity index (χ0v) is 9.85. The molecule has 0 bridgehead atoms. The topological polar surface area (TPSA) is 98.2 Å². The van der Waals surface area contributed by atoms with Crippen molar-refractivity contribution in [3.8, 4) is 12.3 Å². The Morgan fingerprint density at radius 2 is 2.06 bits per heavy atom. The van der Waals surface area contributed by atoms with E-state index in [0.717, 1.165) is 0 Å². The van der Waals surface area contributed by atoms with Crippen LogP contribution in [0.25, 0.3) is 0 Å². The first-order chi connectivity index (χ1) is 8.54. The second-order valence-electron chi connectivity index (χ2n) is 3.80. The van der Waals surface area contributed by atoms with Gasteiger partial charge < -0.3 is 16.8 Å². The van der Waals surface area contributed by atoms with E-state index in [2.05, 4.69) is 11.2 Å². The van der Waals surface area contributed by atoms with Gasteiger partial charge in [0.1, 0.15) is 0 Å². The molecule has 0 aliphatic heterocycles. The molecule has 2 amide bonds. The first kappa shape index (κ1) is 13.7. The predicted molar refractivity (Wildman–Crippen MR) is 69.4 cm³/mol. The van der Waals surface area contributed by atoms with Crippen LogP contribution in [0.15, 0.2) is 24.3 Å². The third-order valence-electron chi connectivity index (χ3n) is 2.31. The molecule has 1 unspecified atom stereocenters. The smallest absolute Gasteiger partial charge is 0.242 e. The lowest BCUT2D eigenvalue weighted by Gasteiger charge is -2.12. The summed E-state index contributed by atoms with van der Waals surface area (Å²) in [5.41, 5.74) is 11.9. The van der Waals surface area contributed by atoms with Crippen LogP contribution in [0.2, 0.25) is 0 Å². The van der Waals surface area contributed by atoms with Crippen LogP contribution in [0.3, 0.4) is 0 Å². The molecule has 0 fully saturated rings. The Morgan fingerprint density at radius 1 is 1.39 bits per heavy atom. The summed E-state index contributed by atoms with van der Waals surface area (Å²) in [6.07, 6.45) is 5.30. The standard InChI is InChI=1S/C13H15N3O2/c1-2-5-10(14)13(18)16-11-7-4-3-6-9(11)8-12(15)17/h1,3-4,6-7,10H,5,8,14H2,(H2,15,17)(H,16,18). The molecule has 0 spiro atoms. The van der Waals surface area contributed by atoms with E-state index in [1.165, 1.54) is 0 Å². The van der Waals surface area contributed by atoms with Crippen LogP contribution in [-0.4, -0.2) is 17.9 Å². The minimum absolute atomic E-state index is 0.0564. The normalized spacial score (nSPS) is 11.3. The number of benzene rings is 1. The fourth-order valence-electron chi connectivity index (χ4n) is 1.43. The molecule has 0 aliphatic carbocycles. The zero-order valence-electron chi connectivity index (χ0n) is 9.85. The molecule has 0 aliphatic rings. The van der Waals surface area contributed by atoms with Gasteiger partial charge in [0, 0.05) is 12.1 Å². The Balaban J connectivity index is 2.81. The minimum Gasteiger partial charge on any atom is -0.369 e. The molecule has 5 nitrogen and oxygen atoms in total. The van der Waals surface area contributed by atoms with Crippen molar-refractivity contribution in [2.45, 2.75) is 18.9 Å². The monoisotopic (exact) mass is 245 g/mol. The Bertz CT molecular complexity index is 491. The van der Waals surface area contributed by atoms with Crippen molar-refractivity contribution in [2.75, 3.05) is 5.32 Å². The maximum absolute atomic E-state index is 11.7. The lowest BCUT2D eigenvalue weighted by Crippen LogP contribution is -2.35.